The van der Waals surface area contributed by atoms with E-state index in [1.807, 2.05) is 12.3 Å². The first-order chi connectivity index (χ1) is 8.66. The Morgan fingerprint density at radius 2 is 1.94 bits per heavy atom. The second kappa shape index (κ2) is 4.15. The summed E-state index contributed by atoms with van der Waals surface area (Å²) < 4.78 is 0. The summed E-state index contributed by atoms with van der Waals surface area (Å²) in [6.45, 7) is 0. The van der Waals surface area contributed by atoms with Crippen LogP contribution < -0.4 is 5.73 Å². The van der Waals surface area contributed by atoms with Crippen LogP contribution in [0.2, 0.25) is 10.0 Å². The van der Waals surface area contributed by atoms with Crippen molar-refractivity contribution >= 4 is 40.1 Å². The standard InChI is InChI=1S/C12H8Cl2N4/c13-6-1-2-7(9(14)3-6)8-4-16-12-10(8)11(15)17-5-18-12/h1-5H,(H3,15,16,17,18). The predicted molar refractivity (Wildman–Crippen MR) is 73.8 cm³/mol. The Morgan fingerprint density at radius 1 is 1.11 bits per heavy atom. The van der Waals surface area contributed by atoms with Gasteiger partial charge in [0, 0.05) is 27.4 Å². The molecular weight excluding hydrogens is 271 g/mol. The molecule has 0 unspecified atom stereocenters. The molecule has 0 aliphatic carbocycles. The fourth-order valence-corrected chi connectivity index (χ4v) is 2.42. The van der Waals surface area contributed by atoms with Crippen LogP contribution >= 0.6 is 23.2 Å². The molecule has 0 saturated carbocycles. The number of nitrogens with two attached hydrogens (primary N) is 1. The van der Waals surface area contributed by atoms with E-state index in [2.05, 4.69) is 15.0 Å². The lowest BCUT2D eigenvalue weighted by Gasteiger charge is -2.04. The van der Waals surface area contributed by atoms with Crippen molar-refractivity contribution < 1.29 is 0 Å². The molecule has 3 N–H and O–H groups in total. The van der Waals surface area contributed by atoms with E-state index in [1.54, 1.807) is 12.1 Å². The molecule has 3 aromatic rings. The zero-order chi connectivity index (χ0) is 12.7. The monoisotopic (exact) mass is 278 g/mol. The fraction of sp³-hybridized carbons (Fsp3) is 0. The second-order valence-electron chi connectivity index (χ2n) is 3.81. The molecule has 4 nitrogen and oxygen atoms in total. The number of fused-ring (bicyclic) bond motifs is 1. The van der Waals surface area contributed by atoms with Crippen LogP contribution in [0, 0.1) is 0 Å². The largest absolute Gasteiger partial charge is 0.383 e. The molecule has 0 fully saturated rings. The summed E-state index contributed by atoms with van der Waals surface area (Å²) in [5.41, 5.74) is 8.27. The van der Waals surface area contributed by atoms with Crippen molar-refractivity contribution in [2.45, 2.75) is 0 Å². The third-order valence-corrected chi connectivity index (χ3v) is 3.27. The number of hydrogen-bond acceptors (Lipinski definition) is 3. The van der Waals surface area contributed by atoms with Crippen molar-refractivity contribution in [1.82, 2.24) is 15.0 Å². The number of nitrogens with one attached hydrogen (secondary N) is 1. The Hall–Kier alpha value is -1.78. The van der Waals surface area contributed by atoms with Gasteiger partial charge < -0.3 is 10.7 Å². The van der Waals surface area contributed by atoms with Gasteiger partial charge in [-0.3, -0.25) is 0 Å². The Morgan fingerprint density at radius 3 is 2.72 bits per heavy atom. The summed E-state index contributed by atoms with van der Waals surface area (Å²) in [5, 5.41) is 1.92. The molecule has 18 heavy (non-hydrogen) atoms. The van der Waals surface area contributed by atoms with Crippen LogP contribution in [-0.2, 0) is 0 Å². The Bertz CT molecular complexity index is 736. The number of rotatable bonds is 1. The lowest BCUT2D eigenvalue weighted by molar-refractivity contribution is 1.21. The van der Waals surface area contributed by atoms with Gasteiger partial charge in [0.15, 0.2) is 0 Å². The van der Waals surface area contributed by atoms with Gasteiger partial charge in [-0.1, -0.05) is 29.3 Å². The van der Waals surface area contributed by atoms with Crippen molar-refractivity contribution in [3.05, 3.63) is 40.8 Å². The number of nitrogens with zero attached hydrogens (tertiary/aromatic N) is 2. The number of aromatic amines is 1. The highest BCUT2D eigenvalue weighted by molar-refractivity contribution is 6.36. The first kappa shape index (κ1) is 11.3. The van der Waals surface area contributed by atoms with Crippen LogP contribution in [0.5, 0.6) is 0 Å². The predicted octanol–water partition coefficient (Wildman–Crippen LogP) is 3.51. The highest BCUT2D eigenvalue weighted by atomic mass is 35.5. The SMILES string of the molecule is Nc1ncnc2[nH]cc(-c3ccc(Cl)cc3Cl)c12. The first-order valence-corrected chi connectivity index (χ1v) is 5.95. The van der Waals surface area contributed by atoms with E-state index in [0.717, 1.165) is 16.5 Å². The van der Waals surface area contributed by atoms with E-state index in [9.17, 15) is 0 Å². The molecule has 0 saturated heterocycles. The van der Waals surface area contributed by atoms with Gasteiger partial charge in [-0.15, -0.1) is 0 Å². The minimum atomic E-state index is 0.419. The highest BCUT2D eigenvalue weighted by Gasteiger charge is 2.13. The van der Waals surface area contributed by atoms with Crippen molar-refractivity contribution in [2.75, 3.05) is 5.73 Å². The number of benzene rings is 1. The van der Waals surface area contributed by atoms with Gasteiger partial charge >= 0.3 is 0 Å². The summed E-state index contributed by atoms with van der Waals surface area (Å²) in [5.74, 6) is 0.419. The zero-order valence-corrected chi connectivity index (χ0v) is 10.6. The lowest BCUT2D eigenvalue weighted by Crippen LogP contribution is -1.92. The Kier molecular flexibility index (Phi) is 2.61. The van der Waals surface area contributed by atoms with Gasteiger partial charge in [-0.2, -0.15) is 0 Å². The molecule has 1 aromatic carbocycles. The quantitative estimate of drug-likeness (QED) is 0.716. The average molecular weight is 279 g/mol. The Balaban J connectivity index is 2.32. The van der Waals surface area contributed by atoms with Gasteiger partial charge in [0.05, 0.1) is 5.39 Å². The average Bonchev–Trinajstić information content (AvgIpc) is 2.74. The van der Waals surface area contributed by atoms with E-state index < -0.39 is 0 Å². The maximum absolute atomic E-state index is 6.19. The maximum atomic E-state index is 6.19. The summed E-state index contributed by atoms with van der Waals surface area (Å²) >= 11 is 12.1. The van der Waals surface area contributed by atoms with Crippen molar-refractivity contribution in [3.8, 4) is 11.1 Å². The van der Waals surface area contributed by atoms with Crippen molar-refractivity contribution in [2.24, 2.45) is 0 Å². The molecule has 90 valence electrons. The van der Waals surface area contributed by atoms with Crippen LogP contribution in [0.1, 0.15) is 0 Å². The van der Waals surface area contributed by atoms with E-state index in [4.69, 9.17) is 28.9 Å². The van der Waals surface area contributed by atoms with Crippen molar-refractivity contribution in [1.29, 1.82) is 0 Å². The minimum Gasteiger partial charge on any atom is -0.383 e. The molecule has 2 heterocycles. The molecule has 0 aliphatic rings. The molecule has 0 bridgehead atoms. The van der Waals surface area contributed by atoms with Gasteiger partial charge in [0.1, 0.15) is 17.8 Å². The molecule has 0 atom stereocenters. The molecule has 6 heteroatoms. The van der Waals surface area contributed by atoms with Crippen molar-refractivity contribution in [3.63, 3.8) is 0 Å². The fourth-order valence-electron chi connectivity index (χ4n) is 1.91. The highest BCUT2D eigenvalue weighted by Crippen LogP contribution is 2.35. The number of hydrogen-bond donors (Lipinski definition) is 2. The van der Waals surface area contributed by atoms with Gasteiger partial charge in [-0.05, 0) is 12.1 Å². The van der Waals surface area contributed by atoms with Crippen LogP contribution in [-0.4, -0.2) is 15.0 Å². The summed E-state index contributed by atoms with van der Waals surface area (Å²) in [6, 6.07) is 5.32. The molecule has 0 aliphatic heterocycles. The minimum absolute atomic E-state index is 0.419. The Labute approximate surface area is 113 Å². The molecule has 0 radical (unpaired) electrons. The van der Waals surface area contributed by atoms with Gasteiger partial charge in [0.25, 0.3) is 0 Å². The summed E-state index contributed by atoms with van der Waals surface area (Å²) in [6.07, 6.45) is 3.23. The molecule has 3 rings (SSSR count). The van der Waals surface area contributed by atoms with Crippen LogP contribution in [0.4, 0.5) is 5.82 Å². The smallest absolute Gasteiger partial charge is 0.143 e. The number of H-pyrrole nitrogens is 1. The second-order valence-corrected chi connectivity index (χ2v) is 4.65. The number of nitrogen functional groups attached to an aromatic ring is 1. The molecule has 2 aromatic heterocycles. The van der Waals surface area contributed by atoms with E-state index in [1.165, 1.54) is 6.33 Å². The molecule has 0 spiro atoms. The normalized spacial score (nSPS) is 11.0. The van der Waals surface area contributed by atoms with Crippen LogP contribution in [0.3, 0.4) is 0 Å². The van der Waals surface area contributed by atoms with Crippen LogP contribution in [0.15, 0.2) is 30.7 Å². The van der Waals surface area contributed by atoms with Gasteiger partial charge in [0.2, 0.25) is 0 Å². The zero-order valence-electron chi connectivity index (χ0n) is 9.11. The van der Waals surface area contributed by atoms with Crippen LogP contribution in [0.25, 0.3) is 22.2 Å². The topological polar surface area (TPSA) is 67.6 Å². The molecular formula is C12H8Cl2N4. The van der Waals surface area contributed by atoms with Gasteiger partial charge in [-0.25, -0.2) is 9.97 Å². The van der Waals surface area contributed by atoms with E-state index in [0.29, 0.717) is 21.5 Å². The third-order valence-electron chi connectivity index (χ3n) is 2.72. The summed E-state index contributed by atoms with van der Waals surface area (Å²) in [7, 11) is 0. The third kappa shape index (κ3) is 1.70. The first-order valence-electron chi connectivity index (χ1n) is 5.20. The number of halogens is 2. The molecule has 0 amide bonds. The number of aromatic nitrogens is 3. The number of anilines is 1. The maximum Gasteiger partial charge on any atom is 0.143 e. The lowest BCUT2D eigenvalue weighted by atomic mass is 10.1. The summed E-state index contributed by atoms with van der Waals surface area (Å²) in [4.78, 5) is 11.2. The van der Waals surface area contributed by atoms with E-state index in [-0.39, 0.29) is 0 Å². The van der Waals surface area contributed by atoms with E-state index >= 15 is 0 Å².